The topological polar surface area (TPSA) is 47.0 Å². The van der Waals surface area contributed by atoms with Crippen molar-refractivity contribution < 1.29 is 4.74 Å². The zero-order valence-corrected chi connectivity index (χ0v) is 11.8. The van der Waals surface area contributed by atoms with Gasteiger partial charge >= 0.3 is 0 Å². The molecule has 1 N–H and O–H groups in total. The Hall–Kier alpha value is -2.10. The van der Waals surface area contributed by atoms with Crippen molar-refractivity contribution in [2.75, 3.05) is 11.9 Å². The van der Waals surface area contributed by atoms with E-state index in [4.69, 9.17) is 4.74 Å². The van der Waals surface area contributed by atoms with Gasteiger partial charge in [0.15, 0.2) is 0 Å². The van der Waals surface area contributed by atoms with E-state index in [0.29, 0.717) is 11.7 Å². The van der Waals surface area contributed by atoms with Crippen molar-refractivity contribution in [3.8, 4) is 11.6 Å². The van der Waals surface area contributed by atoms with Crippen LogP contribution in [0, 0.1) is 20.8 Å². The Morgan fingerprint density at radius 2 is 1.89 bits per heavy atom. The molecule has 0 aliphatic carbocycles. The maximum Gasteiger partial charge on any atom is 0.224 e. The van der Waals surface area contributed by atoms with Crippen molar-refractivity contribution in [1.29, 1.82) is 0 Å². The fourth-order valence-corrected chi connectivity index (χ4v) is 1.79. The van der Waals surface area contributed by atoms with Crippen LogP contribution in [-0.4, -0.2) is 16.5 Å². The molecular weight excluding hydrogens is 238 g/mol. The molecule has 1 aromatic heterocycles. The molecule has 1 heterocycles. The number of hydrogen-bond acceptors (Lipinski definition) is 4. The highest BCUT2D eigenvalue weighted by Crippen LogP contribution is 2.25. The van der Waals surface area contributed by atoms with Gasteiger partial charge in [-0.3, -0.25) is 0 Å². The van der Waals surface area contributed by atoms with E-state index in [1.54, 1.807) is 0 Å². The van der Waals surface area contributed by atoms with Crippen molar-refractivity contribution >= 4 is 5.82 Å². The normalized spacial score (nSPS) is 10.3. The van der Waals surface area contributed by atoms with Gasteiger partial charge in [-0.2, -0.15) is 4.98 Å². The first-order valence-electron chi connectivity index (χ1n) is 6.43. The highest BCUT2D eigenvalue weighted by molar-refractivity contribution is 5.42. The molecule has 0 unspecified atom stereocenters. The average molecular weight is 257 g/mol. The highest BCUT2D eigenvalue weighted by Gasteiger charge is 2.06. The number of aryl methyl sites for hydroxylation is 3. The summed E-state index contributed by atoms with van der Waals surface area (Å²) >= 11 is 0. The van der Waals surface area contributed by atoms with Crippen molar-refractivity contribution in [1.82, 2.24) is 9.97 Å². The molecule has 0 amide bonds. The van der Waals surface area contributed by atoms with E-state index in [9.17, 15) is 0 Å². The van der Waals surface area contributed by atoms with Crippen LogP contribution in [0.15, 0.2) is 24.3 Å². The third kappa shape index (κ3) is 3.44. The number of aromatic nitrogens is 2. The van der Waals surface area contributed by atoms with Gasteiger partial charge in [0.25, 0.3) is 0 Å². The molecule has 0 saturated heterocycles. The lowest BCUT2D eigenvalue weighted by Gasteiger charge is -2.10. The predicted octanol–water partition coefficient (Wildman–Crippen LogP) is 3.63. The van der Waals surface area contributed by atoms with Crippen molar-refractivity contribution in [2.24, 2.45) is 0 Å². The van der Waals surface area contributed by atoms with Gasteiger partial charge in [-0.05, 0) is 44.9 Å². The molecule has 0 aliphatic heterocycles. The SMILES string of the molecule is CCNc1cc(Oc2cc(C)ccc2C)nc(C)n1. The van der Waals surface area contributed by atoms with Crippen LogP contribution < -0.4 is 10.1 Å². The van der Waals surface area contributed by atoms with Gasteiger partial charge in [0.2, 0.25) is 5.88 Å². The fourth-order valence-electron chi connectivity index (χ4n) is 1.79. The largest absolute Gasteiger partial charge is 0.439 e. The molecular formula is C15H19N3O. The zero-order chi connectivity index (χ0) is 13.8. The van der Waals surface area contributed by atoms with E-state index in [1.807, 2.05) is 45.9 Å². The molecule has 4 nitrogen and oxygen atoms in total. The van der Waals surface area contributed by atoms with E-state index in [2.05, 4.69) is 21.4 Å². The lowest BCUT2D eigenvalue weighted by atomic mass is 10.1. The number of nitrogens with one attached hydrogen (secondary N) is 1. The summed E-state index contributed by atoms with van der Waals surface area (Å²) in [7, 11) is 0. The summed E-state index contributed by atoms with van der Waals surface area (Å²) < 4.78 is 5.87. The second-order valence-electron chi connectivity index (χ2n) is 4.54. The molecule has 0 saturated carbocycles. The molecule has 4 heteroatoms. The first kappa shape index (κ1) is 13.3. The Labute approximate surface area is 113 Å². The highest BCUT2D eigenvalue weighted by atomic mass is 16.5. The molecule has 19 heavy (non-hydrogen) atoms. The third-order valence-electron chi connectivity index (χ3n) is 2.73. The number of ether oxygens (including phenoxy) is 1. The summed E-state index contributed by atoms with van der Waals surface area (Å²) in [5.41, 5.74) is 2.25. The van der Waals surface area contributed by atoms with Gasteiger partial charge < -0.3 is 10.1 Å². The first-order chi connectivity index (χ1) is 9.08. The number of benzene rings is 1. The number of hydrogen-bond donors (Lipinski definition) is 1. The van der Waals surface area contributed by atoms with E-state index < -0.39 is 0 Å². The first-order valence-corrected chi connectivity index (χ1v) is 6.43. The Balaban J connectivity index is 2.29. The summed E-state index contributed by atoms with van der Waals surface area (Å²) in [5, 5.41) is 3.17. The van der Waals surface area contributed by atoms with Crippen molar-refractivity contribution in [3.63, 3.8) is 0 Å². The Bertz CT molecular complexity index is 582. The van der Waals surface area contributed by atoms with E-state index in [0.717, 1.165) is 23.7 Å². The van der Waals surface area contributed by atoms with Gasteiger partial charge in [-0.15, -0.1) is 0 Å². The lowest BCUT2D eigenvalue weighted by molar-refractivity contribution is 0.456. The van der Waals surface area contributed by atoms with E-state index >= 15 is 0 Å². The molecule has 0 atom stereocenters. The predicted molar refractivity (Wildman–Crippen MR) is 76.9 cm³/mol. The smallest absolute Gasteiger partial charge is 0.224 e. The van der Waals surface area contributed by atoms with Crippen molar-refractivity contribution in [2.45, 2.75) is 27.7 Å². The van der Waals surface area contributed by atoms with Crippen LogP contribution >= 0.6 is 0 Å². The van der Waals surface area contributed by atoms with Crippen LogP contribution in [0.4, 0.5) is 5.82 Å². The molecule has 0 radical (unpaired) electrons. The van der Waals surface area contributed by atoms with E-state index in [1.165, 1.54) is 5.56 Å². The summed E-state index contributed by atoms with van der Waals surface area (Å²) in [6.45, 7) is 8.77. The molecule has 2 rings (SSSR count). The molecule has 100 valence electrons. The maximum atomic E-state index is 5.87. The summed E-state index contributed by atoms with van der Waals surface area (Å²) in [5.74, 6) is 2.88. The van der Waals surface area contributed by atoms with Gasteiger partial charge in [0, 0.05) is 12.6 Å². The number of nitrogens with zero attached hydrogens (tertiary/aromatic N) is 2. The van der Waals surface area contributed by atoms with Crippen LogP contribution in [0.25, 0.3) is 0 Å². The minimum absolute atomic E-state index is 0.567. The van der Waals surface area contributed by atoms with Crippen LogP contribution in [0.3, 0.4) is 0 Å². The fraction of sp³-hybridized carbons (Fsp3) is 0.333. The minimum atomic E-state index is 0.567. The summed E-state index contributed by atoms with van der Waals surface area (Å²) in [4.78, 5) is 8.61. The van der Waals surface area contributed by atoms with Crippen LogP contribution in [-0.2, 0) is 0 Å². The Kier molecular flexibility index (Phi) is 4.00. The maximum absolute atomic E-state index is 5.87. The second-order valence-corrected chi connectivity index (χ2v) is 4.54. The molecule has 0 fully saturated rings. The average Bonchev–Trinajstić information content (AvgIpc) is 2.33. The summed E-state index contributed by atoms with van der Waals surface area (Å²) in [6, 6.07) is 7.94. The van der Waals surface area contributed by atoms with Gasteiger partial charge in [-0.1, -0.05) is 12.1 Å². The zero-order valence-electron chi connectivity index (χ0n) is 11.8. The lowest BCUT2D eigenvalue weighted by Crippen LogP contribution is -2.02. The molecule has 2 aromatic rings. The van der Waals surface area contributed by atoms with Gasteiger partial charge in [-0.25, -0.2) is 4.98 Å². The quantitative estimate of drug-likeness (QED) is 0.908. The standard InChI is InChI=1S/C15H19N3O/c1-5-16-14-9-15(18-12(4)17-14)19-13-8-10(2)6-7-11(13)3/h6-9H,5H2,1-4H3,(H,16,17,18). The number of rotatable bonds is 4. The van der Waals surface area contributed by atoms with Crippen molar-refractivity contribution in [3.05, 3.63) is 41.2 Å². The number of anilines is 1. The Morgan fingerprint density at radius 1 is 1.11 bits per heavy atom. The molecule has 1 aromatic carbocycles. The summed E-state index contributed by atoms with van der Waals surface area (Å²) in [6.07, 6.45) is 0. The second kappa shape index (κ2) is 5.69. The Morgan fingerprint density at radius 3 is 2.63 bits per heavy atom. The van der Waals surface area contributed by atoms with Gasteiger partial charge in [0.1, 0.15) is 17.4 Å². The minimum Gasteiger partial charge on any atom is -0.439 e. The third-order valence-corrected chi connectivity index (χ3v) is 2.73. The monoisotopic (exact) mass is 257 g/mol. The molecule has 0 spiro atoms. The van der Waals surface area contributed by atoms with Crippen LogP contribution in [0.2, 0.25) is 0 Å². The van der Waals surface area contributed by atoms with E-state index in [-0.39, 0.29) is 0 Å². The van der Waals surface area contributed by atoms with Crippen LogP contribution in [0.5, 0.6) is 11.6 Å². The van der Waals surface area contributed by atoms with Crippen LogP contribution in [0.1, 0.15) is 23.9 Å². The molecule has 0 aliphatic rings. The van der Waals surface area contributed by atoms with Gasteiger partial charge in [0.05, 0.1) is 0 Å². The molecule has 0 bridgehead atoms.